The molecular weight excluding hydrogens is 370 g/mol. The van der Waals surface area contributed by atoms with Crippen molar-refractivity contribution in [2.45, 2.75) is 29.6 Å². The van der Waals surface area contributed by atoms with Crippen molar-refractivity contribution < 1.29 is 13.2 Å². The molecule has 4 rings (SSSR count). The van der Waals surface area contributed by atoms with Gasteiger partial charge < -0.3 is 4.74 Å². The molecule has 1 saturated heterocycles. The third-order valence-electron chi connectivity index (χ3n) is 4.58. The molecular formula is C15H16ClN3O3S2. The molecule has 0 bridgehead atoms. The average molecular weight is 386 g/mol. The SMILES string of the molecule is Cc1ncc2c(n1)C1(CCN(S(=O)(=O)c3ccc(Cl)s3)C1)COC2. The Balaban J connectivity index is 1.69. The van der Waals surface area contributed by atoms with Gasteiger partial charge >= 0.3 is 0 Å². The third kappa shape index (κ3) is 2.57. The molecule has 128 valence electrons. The summed E-state index contributed by atoms with van der Waals surface area (Å²) in [5, 5.41) is 0. The van der Waals surface area contributed by atoms with Crippen LogP contribution in [0.2, 0.25) is 4.34 Å². The summed E-state index contributed by atoms with van der Waals surface area (Å²) in [6, 6.07) is 3.17. The number of nitrogens with zero attached hydrogens (tertiary/aromatic N) is 3. The average Bonchev–Trinajstić information content (AvgIpc) is 3.17. The van der Waals surface area contributed by atoms with E-state index in [1.165, 1.54) is 4.31 Å². The highest BCUT2D eigenvalue weighted by Gasteiger charge is 2.48. The normalized spacial score (nSPS) is 24.4. The van der Waals surface area contributed by atoms with Crippen molar-refractivity contribution in [2.75, 3.05) is 19.7 Å². The van der Waals surface area contributed by atoms with Crippen LogP contribution in [0.5, 0.6) is 0 Å². The first-order chi connectivity index (χ1) is 11.4. The van der Waals surface area contributed by atoms with E-state index in [4.69, 9.17) is 16.3 Å². The smallest absolute Gasteiger partial charge is 0.252 e. The molecule has 2 aromatic rings. The molecule has 4 heterocycles. The highest BCUT2D eigenvalue weighted by atomic mass is 35.5. The highest BCUT2D eigenvalue weighted by Crippen LogP contribution is 2.41. The van der Waals surface area contributed by atoms with Crippen molar-refractivity contribution in [1.82, 2.24) is 14.3 Å². The number of halogens is 1. The minimum absolute atomic E-state index is 0.278. The Hall–Kier alpha value is -1.06. The fourth-order valence-electron chi connectivity index (χ4n) is 3.40. The van der Waals surface area contributed by atoms with Crippen LogP contribution < -0.4 is 0 Å². The molecule has 1 spiro atoms. The van der Waals surface area contributed by atoms with Gasteiger partial charge in [-0.1, -0.05) is 11.6 Å². The molecule has 1 unspecified atom stereocenters. The van der Waals surface area contributed by atoms with Gasteiger partial charge in [0.25, 0.3) is 10.0 Å². The Morgan fingerprint density at radius 2 is 2.25 bits per heavy atom. The van der Waals surface area contributed by atoms with Crippen LogP contribution in [-0.4, -0.2) is 42.4 Å². The molecule has 0 aliphatic carbocycles. The van der Waals surface area contributed by atoms with E-state index >= 15 is 0 Å². The maximum atomic E-state index is 12.9. The Bertz CT molecular complexity index is 899. The van der Waals surface area contributed by atoms with E-state index in [2.05, 4.69) is 9.97 Å². The van der Waals surface area contributed by atoms with Crippen molar-refractivity contribution in [3.63, 3.8) is 0 Å². The van der Waals surface area contributed by atoms with Crippen LogP contribution in [0.3, 0.4) is 0 Å². The van der Waals surface area contributed by atoms with E-state index in [9.17, 15) is 8.42 Å². The second-order valence-electron chi connectivity index (χ2n) is 6.21. The third-order valence-corrected chi connectivity index (χ3v) is 8.13. The number of aryl methyl sites for hydroxylation is 1. The van der Waals surface area contributed by atoms with E-state index < -0.39 is 15.4 Å². The molecule has 2 aromatic heterocycles. The van der Waals surface area contributed by atoms with Gasteiger partial charge in [-0.05, 0) is 25.5 Å². The lowest BCUT2D eigenvalue weighted by Crippen LogP contribution is -2.41. The summed E-state index contributed by atoms with van der Waals surface area (Å²) in [5.74, 6) is 0.696. The highest BCUT2D eigenvalue weighted by molar-refractivity contribution is 7.91. The molecule has 1 fully saturated rings. The molecule has 0 amide bonds. The minimum atomic E-state index is -3.54. The first kappa shape index (κ1) is 16.4. The number of ether oxygens (including phenoxy) is 1. The van der Waals surface area contributed by atoms with Crippen LogP contribution in [-0.2, 0) is 26.8 Å². The van der Waals surface area contributed by atoms with E-state index in [1.807, 2.05) is 6.92 Å². The van der Waals surface area contributed by atoms with E-state index in [0.717, 1.165) is 22.6 Å². The van der Waals surface area contributed by atoms with Crippen molar-refractivity contribution in [1.29, 1.82) is 0 Å². The summed E-state index contributed by atoms with van der Waals surface area (Å²) in [5.41, 5.74) is 1.49. The zero-order chi connectivity index (χ0) is 16.9. The van der Waals surface area contributed by atoms with Gasteiger partial charge in [0.05, 0.1) is 28.7 Å². The Kier molecular flexibility index (Phi) is 3.92. The quantitative estimate of drug-likeness (QED) is 0.793. The van der Waals surface area contributed by atoms with Crippen molar-refractivity contribution in [3.05, 3.63) is 39.7 Å². The fraction of sp³-hybridized carbons (Fsp3) is 0.467. The number of fused-ring (bicyclic) bond motifs is 2. The van der Waals surface area contributed by atoms with Crippen molar-refractivity contribution in [3.8, 4) is 0 Å². The predicted octanol–water partition coefficient (Wildman–Crippen LogP) is 2.36. The largest absolute Gasteiger partial charge is 0.376 e. The van der Waals surface area contributed by atoms with E-state index in [1.54, 1.807) is 18.3 Å². The Labute approximate surface area is 149 Å². The molecule has 1 atom stereocenters. The number of aromatic nitrogens is 2. The molecule has 0 N–H and O–H groups in total. The number of sulfonamides is 1. The summed E-state index contributed by atoms with van der Waals surface area (Å²) >= 11 is 6.98. The van der Waals surface area contributed by atoms with Crippen molar-refractivity contribution in [2.24, 2.45) is 0 Å². The summed E-state index contributed by atoms with van der Waals surface area (Å²) in [4.78, 5) is 8.84. The predicted molar refractivity (Wildman–Crippen MR) is 90.8 cm³/mol. The number of hydrogen-bond donors (Lipinski definition) is 0. The Morgan fingerprint density at radius 1 is 1.42 bits per heavy atom. The van der Waals surface area contributed by atoms with Crippen LogP contribution in [0.4, 0.5) is 0 Å². The second-order valence-corrected chi connectivity index (χ2v) is 10.1. The van der Waals surface area contributed by atoms with Crippen LogP contribution in [0, 0.1) is 6.92 Å². The maximum Gasteiger partial charge on any atom is 0.252 e. The lowest BCUT2D eigenvalue weighted by molar-refractivity contribution is 0.0529. The van der Waals surface area contributed by atoms with Crippen LogP contribution in [0.15, 0.2) is 22.5 Å². The molecule has 0 saturated carbocycles. The topological polar surface area (TPSA) is 72.4 Å². The standard InChI is InChI=1S/C15H16ClN3O3S2/c1-10-17-6-11-7-22-9-15(14(11)18-10)4-5-19(8-15)24(20,21)13-3-2-12(16)23-13/h2-3,6H,4-5,7-9H2,1H3. The van der Waals surface area contributed by atoms with Gasteiger partial charge in [-0.25, -0.2) is 18.4 Å². The first-order valence-electron chi connectivity index (χ1n) is 7.57. The van der Waals surface area contributed by atoms with Gasteiger partial charge in [-0.15, -0.1) is 11.3 Å². The summed E-state index contributed by atoms with van der Waals surface area (Å²) in [6.45, 7) is 3.62. The van der Waals surface area contributed by atoms with Gasteiger partial charge in [0.1, 0.15) is 10.0 Å². The molecule has 9 heteroatoms. The number of thiophene rings is 1. The lowest BCUT2D eigenvalue weighted by atomic mass is 9.81. The number of hydrogen-bond acceptors (Lipinski definition) is 6. The van der Waals surface area contributed by atoms with Gasteiger partial charge in [-0.3, -0.25) is 0 Å². The fourth-order valence-corrected chi connectivity index (χ4v) is 6.56. The molecule has 0 aromatic carbocycles. The van der Waals surface area contributed by atoms with Crippen molar-refractivity contribution >= 4 is 33.0 Å². The molecule has 6 nitrogen and oxygen atoms in total. The lowest BCUT2D eigenvalue weighted by Gasteiger charge is -2.34. The van der Waals surface area contributed by atoms with Gasteiger partial charge in [0.15, 0.2) is 0 Å². The number of rotatable bonds is 2. The monoisotopic (exact) mass is 385 g/mol. The molecule has 2 aliphatic heterocycles. The summed E-state index contributed by atoms with van der Waals surface area (Å²) < 4.78 is 33.7. The maximum absolute atomic E-state index is 12.9. The zero-order valence-electron chi connectivity index (χ0n) is 13.0. The Morgan fingerprint density at radius 3 is 3.00 bits per heavy atom. The van der Waals surface area contributed by atoms with Crippen LogP contribution in [0.25, 0.3) is 0 Å². The second kappa shape index (κ2) is 5.74. The van der Waals surface area contributed by atoms with Gasteiger partial charge in [-0.2, -0.15) is 4.31 Å². The van der Waals surface area contributed by atoms with E-state index in [-0.39, 0.29) is 4.21 Å². The summed E-state index contributed by atoms with van der Waals surface area (Å²) in [6.07, 6.45) is 2.48. The van der Waals surface area contributed by atoms with Crippen LogP contribution in [0.1, 0.15) is 23.5 Å². The zero-order valence-corrected chi connectivity index (χ0v) is 15.4. The van der Waals surface area contributed by atoms with Gasteiger partial charge in [0, 0.05) is 24.8 Å². The molecule has 2 aliphatic rings. The summed E-state index contributed by atoms with van der Waals surface area (Å²) in [7, 11) is -3.54. The van der Waals surface area contributed by atoms with E-state index in [0.29, 0.717) is 42.9 Å². The van der Waals surface area contributed by atoms with Crippen LogP contribution >= 0.6 is 22.9 Å². The molecule has 24 heavy (non-hydrogen) atoms. The minimum Gasteiger partial charge on any atom is -0.376 e. The van der Waals surface area contributed by atoms with Gasteiger partial charge in [0.2, 0.25) is 0 Å². The molecule has 0 radical (unpaired) electrons. The first-order valence-corrected chi connectivity index (χ1v) is 10.2.